The van der Waals surface area contributed by atoms with Gasteiger partial charge in [-0.05, 0) is 25.1 Å². The first kappa shape index (κ1) is 13.2. The smallest absolute Gasteiger partial charge is 0.256 e. The summed E-state index contributed by atoms with van der Waals surface area (Å²) in [6.45, 7) is 3.72. The molecule has 0 N–H and O–H groups in total. The lowest BCUT2D eigenvalue weighted by Crippen LogP contribution is -2.40. The summed E-state index contributed by atoms with van der Waals surface area (Å²) in [4.78, 5) is 15.1. The van der Waals surface area contributed by atoms with Crippen molar-refractivity contribution < 1.29 is 4.79 Å². The van der Waals surface area contributed by atoms with Crippen LogP contribution >= 0.6 is 0 Å². The molecule has 2 aromatic heterocycles. The number of carbonyl (C=O) groups excluding carboxylic acids is 1. The summed E-state index contributed by atoms with van der Waals surface area (Å²) in [6.07, 6.45) is 4.04. The summed E-state index contributed by atoms with van der Waals surface area (Å²) in [6, 6.07) is 12.3. The van der Waals surface area contributed by atoms with Gasteiger partial charge >= 0.3 is 0 Å². The lowest BCUT2D eigenvalue weighted by atomic mass is 10.1. The standard InChI is InChI=1S/C18H19N3O/c1-13-16-8-5-9-20(16)10-11-21(13)18(22)15-12-19(2)17-7-4-3-6-14(15)17/h3-9,12-13H,10-11H2,1-2H3/t13-/m1/s1. The monoisotopic (exact) mass is 293 g/mol. The van der Waals surface area contributed by atoms with Crippen molar-refractivity contribution in [3.8, 4) is 0 Å². The van der Waals surface area contributed by atoms with Gasteiger partial charge in [0.2, 0.25) is 0 Å². The number of hydrogen-bond acceptors (Lipinski definition) is 1. The molecule has 0 saturated heterocycles. The topological polar surface area (TPSA) is 30.2 Å². The normalized spacial score (nSPS) is 17.7. The molecule has 22 heavy (non-hydrogen) atoms. The van der Waals surface area contributed by atoms with Crippen LogP contribution in [0.4, 0.5) is 0 Å². The molecule has 3 heterocycles. The van der Waals surface area contributed by atoms with Gasteiger partial charge < -0.3 is 14.0 Å². The van der Waals surface area contributed by atoms with Crippen LogP contribution < -0.4 is 0 Å². The van der Waals surface area contributed by atoms with Crippen molar-refractivity contribution in [1.29, 1.82) is 0 Å². The van der Waals surface area contributed by atoms with Crippen LogP contribution in [0.25, 0.3) is 10.9 Å². The summed E-state index contributed by atoms with van der Waals surface area (Å²) in [5, 5.41) is 1.03. The van der Waals surface area contributed by atoms with Crippen LogP contribution in [0.1, 0.15) is 29.0 Å². The van der Waals surface area contributed by atoms with E-state index < -0.39 is 0 Å². The zero-order valence-corrected chi connectivity index (χ0v) is 12.9. The molecule has 1 aliphatic heterocycles. The zero-order valence-electron chi connectivity index (χ0n) is 12.9. The summed E-state index contributed by atoms with van der Waals surface area (Å²) in [5.74, 6) is 0.122. The van der Waals surface area contributed by atoms with Gasteiger partial charge in [0.05, 0.1) is 11.6 Å². The molecule has 1 amide bonds. The molecular formula is C18H19N3O. The highest BCUT2D eigenvalue weighted by molar-refractivity contribution is 6.07. The Morgan fingerprint density at radius 1 is 1.14 bits per heavy atom. The maximum Gasteiger partial charge on any atom is 0.256 e. The second-order valence-corrected chi connectivity index (χ2v) is 5.97. The molecule has 0 radical (unpaired) electrons. The van der Waals surface area contributed by atoms with Gasteiger partial charge in [-0.25, -0.2) is 0 Å². The second-order valence-electron chi connectivity index (χ2n) is 5.97. The molecule has 0 saturated carbocycles. The highest BCUT2D eigenvalue weighted by atomic mass is 16.2. The summed E-state index contributed by atoms with van der Waals surface area (Å²) in [7, 11) is 1.99. The van der Waals surface area contributed by atoms with Gasteiger partial charge in [-0.15, -0.1) is 0 Å². The van der Waals surface area contributed by atoms with E-state index in [1.807, 2.05) is 40.9 Å². The third-order valence-electron chi connectivity index (χ3n) is 4.73. The minimum Gasteiger partial charge on any atom is -0.350 e. The molecule has 1 atom stereocenters. The van der Waals surface area contributed by atoms with E-state index in [2.05, 4.69) is 35.9 Å². The molecule has 112 valence electrons. The Kier molecular flexibility index (Phi) is 2.86. The number of amides is 1. The first-order valence-corrected chi connectivity index (χ1v) is 7.67. The maximum atomic E-state index is 13.1. The van der Waals surface area contributed by atoms with Crippen LogP contribution in [0.15, 0.2) is 48.8 Å². The molecule has 0 bridgehead atoms. The minimum atomic E-state index is 0.107. The fourth-order valence-electron chi connectivity index (χ4n) is 3.52. The van der Waals surface area contributed by atoms with Crippen molar-refractivity contribution in [2.24, 2.45) is 7.05 Å². The van der Waals surface area contributed by atoms with E-state index in [9.17, 15) is 4.79 Å². The molecule has 0 fully saturated rings. The number of para-hydroxylation sites is 1. The predicted molar refractivity (Wildman–Crippen MR) is 86.8 cm³/mol. The van der Waals surface area contributed by atoms with Crippen molar-refractivity contribution in [3.63, 3.8) is 0 Å². The Balaban J connectivity index is 1.75. The van der Waals surface area contributed by atoms with Crippen LogP contribution in [0.2, 0.25) is 0 Å². The molecule has 0 spiro atoms. The van der Waals surface area contributed by atoms with Gasteiger partial charge in [-0.2, -0.15) is 0 Å². The molecule has 0 unspecified atom stereocenters. The molecule has 1 aliphatic rings. The van der Waals surface area contributed by atoms with Crippen molar-refractivity contribution in [2.75, 3.05) is 6.54 Å². The Bertz CT molecular complexity index is 858. The molecule has 4 heteroatoms. The van der Waals surface area contributed by atoms with Crippen molar-refractivity contribution in [2.45, 2.75) is 19.5 Å². The summed E-state index contributed by atoms with van der Waals surface area (Å²) in [5.41, 5.74) is 3.10. The van der Waals surface area contributed by atoms with Crippen LogP contribution in [-0.4, -0.2) is 26.5 Å². The van der Waals surface area contributed by atoms with Crippen molar-refractivity contribution in [1.82, 2.24) is 14.0 Å². The van der Waals surface area contributed by atoms with Crippen molar-refractivity contribution >= 4 is 16.8 Å². The number of fused-ring (bicyclic) bond motifs is 2. The summed E-state index contributed by atoms with van der Waals surface area (Å²) >= 11 is 0. The van der Waals surface area contributed by atoms with Crippen LogP contribution in [-0.2, 0) is 13.6 Å². The van der Waals surface area contributed by atoms with E-state index in [0.717, 1.165) is 29.6 Å². The minimum absolute atomic E-state index is 0.107. The Labute approximate surface area is 129 Å². The van der Waals surface area contributed by atoms with Gasteiger partial charge in [0.25, 0.3) is 5.91 Å². The first-order valence-electron chi connectivity index (χ1n) is 7.67. The molecule has 4 nitrogen and oxygen atoms in total. The first-order chi connectivity index (χ1) is 10.7. The van der Waals surface area contributed by atoms with E-state index in [-0.39, 0.29) is 11.9 Å². The van der Waals surface area contributed by atoms with E-state index in [0.29, 0.717) is 0 Å². The molecule has 3 aromatic rings. The van der Waals surface area contributed by atoms with Gasteiger partial charge in [0, 0.05) is 49.1 Å². The van der Waals surface area contributed by atoms with Crippen LogP contribution in [0.3, 0.4) is 0 Å². The average Bonchev–Trinajstić information content (AvgIpc) is 3.13. The van der Waals surface area contributed by atoms with Gasteiger partial charge in [0.15, 0.2) is 0 Å². The molecular weight excluding hydrogens is 274 g/mol. The number of hydrogen-bond donors (Lipinski definition) is 0. The van der Waals surface area contributed by atoms with Crippen LogP contribution in [0.5, 0.6) is 0 Å². The molecule has 1 aromatic carbocycles. The zero-order chi connectivity index (χ0) is 15.3. The number of rotatable bonds is 1. The van der Waals surface area contributed by atoms with Crippen LogP contribution in [0, 0.1) is 0 Å². The lowest BCUT2D eigenvalue weighted by molar-refractivity contribution is 0.0646. The predicted octanol–water partition coefficient (Wildman–Crippen LogP) is 3.20. The average molecular weight is 293 g/mol. The largest absolute Gasteiger partial charge is 0.350 e. The SMILES string of the molecule is C[C@@H]1c2cccn2CCN1C(=O)c1cn(C)c2ccccc12. The van der Waals surface area contributed by atoms with Crippen molar-refractivity contribution in [3.05, 3.63) is 60.0 Å². The highest BCUT2D eigenvalue weighted by Gasteiger charge is 2.29. The molecule has 4 rings (SSSR count). The number of carbonyl (C=O) groups is 1. The highest BCUT2D eigenvalue weighted by Crippen LogP contribution is 2.29. The third kappa shape index (κ3) is 1.80. The van der Waals surface area contributed by atoms with E-state index in [1.54, 1.807) is 0 Å². The second kappa shape index (κ2) is 4.77. The molecule has 0 aliphatic carbocycles. The number of nitrogens with zero attached hydrogens (tertiary/aromatic N) is 3. The Morgan fingerprint density at radius 3 is 2.82 bits per heavy atom. The van der Waals surface area contributed by atoms with E-state index >= 15 is 0 Å². The number of aryl methyl sites for hydroxylation is 1. The van der Waals surface area contributed by atoms with Gasteiger partial charge in [-0.1, -0.05) is 18.2 Å². The van der Waals surface area contributed by atoms with Gasteiger partial charge in [-0.3, -0.25) is 4.79 Å². The lowest BCUT2D eigenvalue weighted by Gasteiger charge is -2.34. The number of aromatic nitrogens is 2. The summed E-state index contributed by atoms with van der Waals surface area (Å²) < 4.78 is 4.26. The quantitative estimate of drug-likeness (QED) is 0.677. The van der Waals surface area contributed by atoms with E-state index in [1.165, 1.54) is 5.69 Å². The third-order valence-corrected chi connectivity index (χ3v) is 4.73. The van der Waals surface area contributed by atoms with Gasteiger partial charge in [0.1, 0.15) is 0 Å². The fourth-order valence-corrected chi connectivity index (χ4v) is 3.52. The fraction of sp³-hybridized carbons (Fsp3) is 0.278. The maximum absolute atomic E-state index is 13.1. The van der Waals surface area contributed by atoms with E-state index in [4.69, 9.17) is 0 Å². The Morgan fingerprint density at radius 2 is 1.95 bits per heavy atom. The number of benzene rings is 1. The Hall–Kier alpha value is -2.49.